The SMILES string of the molecule is C1=CC(C=NCCN=CC2C=CC=C2)C=C1. The largest absolute Gasteiger partial charge is 0.295 e. The zero-order chi connectivity index (χ0) is 11.1. The predicted molar refractivity (Wildman–Crippen MR) is 70.3 cm³/mol. The van der Waals surface area contributed by atoms with Gasteiger partial charge in [-0.15, -0.1) is 0 Å². The summed E-state index contributed by atoms with van der Waals surface area (Å²) in [6.07, 6.45) is 20.7. The van der Waals surface area contributed by atoms with Crippen molar-refractivity contribution in [2.45, 2.75) is 0 Å². The van der Waals surface area contributed by atoms with Gasteiger partial charge >= 0.3 is 0 Å². The fourth-order valence-corrected chi connectivity index (χ4v) is 1.60. The lowest BCUT2D eigenvalue weighted by Gasteiger charge is -1.95. The van der Waals surface area contributed by atoms with E-state index >= 15 is 0 Å². The van der Waals surface area contributed by atoms with Gasteiger partial charge in [-0.05, 0) is 0 Å². The number of hydrogen-bond acceptors (Lipinski definition) is 2. The van der Waals surface area contributed by atoms with Gasteiger partial charge in [-0.1, -0.05) is 48.6 Å². The molecule has 0 atom stereocenters. The quantitative estimate of drug-likeness (QED) is 0.494. The highest BCUT2D eigenvalue weighted by Gasteiger charge is 1.98. The maximum atomic E-state index is 4.34. The second-order valence-corrected chi connectivity index (χ2v) is 3.80. The Bertz CT molecular complexity index is 322. The minimum absolute atomic E-state index is 0.393. The molecular weight excluding hydrogens is 196 g/mol. The van der Waals surface area contributed by atoms with Gasteiger partial charge in [-0.25, -0.2) is 0 Å². The summed E-state index contributed by atoms with van der Waals surface area (Å²) in [4.78, 5) is 8.68. The molecule has 0 aromatic carbocycles. The van der Waals surface area contributed by atoms with E-state index in [2.05, 4.69) is 34.3 Å². The molecule has 0 spiro atoms. The van der Waals surface area contributed by atoms with Crippen LogP contribution in [-0.4, -0.2) is 25.5 Å². The minimum atomic E-state index is 0.393. The molecule has 0 radical (unpaired) electrons. The first-order valence-corrected chi connectivity index (χ1v) is 5.65. The zero-order valence-corrected chi connectivity index (χ0v) is 9.24. The van der Waals surface area contributed by atoms with Crippen LogP contribution in [0.4, 0.5) is 0 Å². The number of allylic oxidation sites excluding steroid dienone is 8. The molecule has 0 N–H and O–H groups in total. The van der Waals surface area contributed by atoms with Crippen LogP contribution in [0.15, 0.2) is 58.6 Å². The van der Waals surface area contributed by atoms with E-state index in [1.54, 1.807) is 0 Å². The first-order chi connectivity index (χ1) is 7.95. The number of hydrogen-bond donors (Lipinski definition) is 0. The van der Waals surface area contributed by atoms with Crippen molar-refractivity contribution in [2.75, 3.05) is 13.1 Å². The minimum Gasteiger partial charge on any atom is -0.295 e. The topological polar surface area (TPSA) is 24.7 Å². The molecule has 2 aliphatic rings. The van der Waals surface area contributed by atoms with Gasteiger partial charge in [0.1, 0.15) is 0 Å². The Hall–Kier alpha value is -1.70. The Balaban J connectivity index is 1.61. The second kappa shape index (κ2) is 6.01. The van der Waals surface area contributed by atoms with Crippen molar-refractivity contribution in [1.29, 1.82) is 0 Å². The third-order valence-corrected chi connectivity index (χ3v) is 2.47. The smallest absolute Gasteiger partial charge is 0.0581 e. The van der Waals surface area contributed by atoms with Crippen LogP contribution in [0.2, 0.25) is 0 Å². The van der Waals surface area contributed by atoms with Crippen molar-refractivity contribution in [1.82, 2.24) is 0 Å². The monoisotopic (exact) mass is 212 g/mol. The first kappa shape index (κ1) is 10.8. The average Bonchev–Trinajstić information content (AvgIpc) is 2.96. The Morgan fingerprint density at radius 3 is 1.44 bits per heavy atom. The van der Waals surface area contributed by atoms with Gasteiger partial charge in [0, 0.05) is 24.3 Å². The van der Waals surface area contributed by atoms with Crippen LogP contribution >= 0.6 is 0 Å². The Labute approximate surface area is 96.5 Å². The molecule has 0 bridgehead atoms. The fraction of sp³-hybridized carbons (Fsp3) is 0.286. The molecule has 0 saturated heterocycles. The van der Waals surface area contributed by atoms with Crippen LogP contribution in [0.25, 0.3) is 0 Å². The van der Waals surface area contributed by atoms with Crippen molar-refractivity contribution in [3.8, 4) is 0 Å². The number of nitrogens with zero attached hydrogens (tertiary/aromatic N) is 2. The summed E-state index contributed by atoms with van der Waals surface area (Å²) in [5.41, 5.74) is 0. The zero-order valence-electron chi connectivity index (χ0n) is 9.24. The van der Waals surface area contributed by atoms with E-state index in [4.69, 9.17) is 0 Å². The predicted octanol–water partition coefficient (Wildman–Crippen LogP) is 2.61. The Morgan fingerprint density at radius 1 is 0.688 bits per heavy atom. The Kier molecular flexibility index (Phi) is 4.06. The van der Waals surface area contributed by atoms with Crippen molar-refractivity contribution < 1.29 is 0 Å². The summed E-state index contributed by atoms with van der Waals surface area (Å²) in [5, 5.41) is 0. The van der Waals surface area contributed by atoms with Crippen LogP contribution in [0.3, 0.4) is 0 Å². The standard InChI is InChI=1S/C14H16N2/c1-2-6-13(5-1)11-15-9-10-16-12-14-7-3-4-8-14/h1-8,11-14H,9-10H2. The van der Waals surface area contributed by atoms with Gasteiger partial charge in [-0.2, -0.15) is 0 Å². The lowest BCUT2D eigenvalue weighted by molar-refractivity contribution is 0.963. The maximum absolute atomic E-state index is 4.34. The normalized spacial score (nSPS) is 20.2. The highest BCUT2D eigenvalue weighted by Crippen LogP contribution is 2.06. The molecule has 0 heterocycles. The fourth-order valence-electron chi connectivity index (χ4n) is 1.60. The van der Waals surface area contributed by atoms with E-state index in [0.717, 1.165) is 13.1 Å². The third kappa shape index (κ3) is 3.46. The first-order valence-electron chi connectivity index (χ1n) is 5.65. The molecule has 0 aliphatic heterocycles. The summed E-state index contributed by atoms with van der Waals surface area (Å²) in [6, 6.07) is 0. The van der Waals surface area contributed by atoms with E-state index in [1.165, 1.54) is 0 Å². The maximum Gasteiger partial charge on any atom is 0.0581 e. The highest BCUT2D eigenvalue weighted by atomic mass is 14.8. The molecule has 0 fully saturated rings. The van der Waals surface area contributed by atoms with E-state index < -0.39 is 0 Å². The molecule has 2 aliphatic carbocycles. The van der Waals surface area contributed by atoms with Crippen LogP contribution in [0.5, 0.6) is 0 Å². The van der Waals surface area contributed by atoms with Gasteiger partial charge in [0.2, 0.25) is 0 Å². The molecule has 0 unspecified atom stereocenters. The van der Waals surface area contributed by atoms with Crippen molar-refractivity contribution in [3.05, 3.63) is 48.6 Å². The lowest BCUT2D eigenvalue weighted by atomic mass is 10.2. The van der Waals surface area contributed by atoms with Gasteiger partial charge < -0.3 is 0 Å². The van der Waals surface area contributed by atoms with E-state index in [1.807, 2.05) is 36.7 Å². The van der Waals surface area contributed by atoms with Gasteiger partial charge in [-0.3, -0.25) is 9.98 Å². The molecule has 0 saturated carbocycles. The summed E-state index contributed by atoms with van der Waals surface area (Å²) >= 11 is 0. The van der Waals surface area contributed by atoms with Crippen molar-refractivity contribution in [2.24, 2.45) is 21.8 Å². The summed E-state index contributed by atoms with van der Waals surface area (Å²) < 4.78 is 0. The van der Waals surface area contributed by atoms with Crippen molar-refractivity contribution in [3.63, 3.8) is 0 Å². The van der Waals surface area contributed by atoms with Crippen LogP contribution in [0, 0.1) is 11.8 Å². The van der Waals surface area contributed by atoms with Gasteiger partial charge in [0.25, 0.3) is 0 Å². The highest BCUT2D eigenvalue weighted by molar-refractivity contribution is 5.68. The second-order valence-electron chi connectivity index (χ2n) is 3.80. The van der Waals surface area contributed by atoms with Gasteiger partial charge in [0.15, 0.2) is 0 Å². The van der Waals surface area contributed by atoms with Crippen LogP contribution in [-0.2, 0) is 0 Å². The third-order valence-electron chi connectivity index (χ3n) is 2.47. The molecular formula is C14H16N2. The molecule has 82 valence electrons. The van der Waals surface area contributed by atoms with E-state index in [0.29, 0.717) is 11.8 Å². The molecule has 0 aromatic heterocycles. The molecule has 0 aromatic rings. The molecule has 2 rings (SSSR count). The number of aliphatic imine (C=N–C) groups is 2. The molecule has 16 heavy (non-hydrogen) atoms. The lowest BCUT2D eigenvalue weighted by Crippen LogP contribution is -1.96. The molecule has 0 amide bonds. The molecule has 2 nitrogen and oxygen atoms in total. The summed E-state index contributed by atoms with van der Waals surface area (Å²) in [7, 11) is 0. The van der Waals surface area contributed by atoms with Crippen LogP contribution < -0.4 is 0 Å². The summed E-state index contributed by atoms with van der Waals surface area (Å²) in [5.74, 6) is 0.786. The summed E-state index contributed by atoms with van der Waals surface area (Å²) in [6.45, 7) is 1.55. The van der Waals surface area contributed by atoms with E-state index in [-0.39, 0.29) is 0 Å². The van der Waals surface area contributed by atoms with Crippen LogP contribution in [0.1, 0.15) is 0 Å². The Morgan fingerprint density at radius 2 is 1.06 bits per heavy atom. The van der Waals surface area contributed by atoms with E-state index in [9.17, 15) is 0 Å². The average molecular weight is 212 g/mol. The number of rotatable bonds is 5. The molecule has 2 heteroatoms. The van der Waals surface area contributed by atoms with Gasteiger partial charge in [0.05, 0.1) is 13.1 Å². The van der Waals surface area contributed by atoms with Crippen molar-refractivity contribution >= 4 is 12.4 Å².